The zero-order valence-electron chi connectivity index (χ0n) is 10.8. The van der Waals surface area contributed by atoms with Crippen molar-refractivity contribution in [1.82, 2.24) is 10.3 Å². The van der Waals surface area contributed by atoms with Gasteiger partial charge in [0.25, 0.3) is 0 Å². The van der Waals surface area contributed by atoms with Crippen molar-refractivity contribution in [3.05, 3.63) is 23.5 Å². The zero-order chi connectivity index (χ0) is 12.7. The summed E-state index contributed by atoms with van der Waals surface area (Å²) in [4.78, 5) is 4.49. The Kier molecular flexibility index (Phi) is 6.52. The molecule has 0 aliphatic carbocycles. The van der Waals surface area contributed by atoms with Crippen molar-refractivity contribution >= 4 is 15.9 Å². The maximum atomic E-state index is 5.24. The summed E-state index contributed by atoms with van der Waals surface area (Å²) in [6.07, 6.45) is 2.27. The number of rotatable bonds is 7. The molecule has 1 rings (SSSR count). The molecular weight excluding hydrogens is 280 g/mol. The minimum absolute atomic E-state index is 0.544. The van der Waals surface area contributed by atoms with Crippen LogP contribution in [0.15, 0.2) is 12.1 Å². The predicted octanol–water partition coefficient (Wildman–Crippen LogP) is 3.05. The summed E-state index contributed by atoms with van der Waals surface area (Å²) >= 11 is 3.48. The normalized spacial score (nSPS) is 12.5. The summed E-state index contributed by atoms with van der Waals surface area (Å²) < 4.78 is 5.24. The Labute approximate surface area is 112 Å². The molecule has 0 fully saturated rings. The first kappa shape index (κ1) is 14.5. The van der Waals surface area contributed by atoms with Gasteiger partial charge in [-0.2, -0.15) is 0 Å². The lowest BCUT2D eigenvalue weighted by Gasteiger charge is -2.15. The van der Waals surface area contributed by atoms with Crippen molar-refractivity contribution in [2.24, 2.45) is 0 Å². The van der Waals surface area contributed by atoms with Gasteiger partial charge in [0, 0.05) is 35.7 Å². The zero-order valence-corrected chi connectivity index (χ0v) is 12.4. The molecule has 0 saturated carbocycles. The molecule has 0 amide bonds. The molecule has 3 nitrogen and oxygen atoms in total. The van der Waals surface area contributed by atoms with E-state index in [9.17, 15) is 0 Å². The van der Waals surface area contributed by atoms with E-state index < -0.39 is 0 Å². The van der Waals surface area contributed by atoms with Crippen LogP contribution in [0.3, 0.4) is 0 Å². The predicted molar refractivity (Wildman–Crippen MR) is 74.9 cm³/mol. The molecule has 0 saturated heterocycles. The van der Waals surface area contributed by atoms with Crippen LogP contribution < -0.4 is 10.1 Å². The second-order valence-corrected chi connectivity index (χ2v) is 4.90. The van der Waals surface area contributed by atoms with Crippen LogP contribution in [0.4, 0.5) is 0 Å². The molecule has 0 bridgehead atoms. The van der Waals surface area contributed by atoms with Crippen molar-refractivity contribution < 1.29 is 4.74 Å². The average molecular weight is 301 g/mol. The lowest BCUT2D eigenvalue weighted by atomic mass is 10.1. The van der Waals surface area contributed by atoms with Crippen molar-refractivity contribution in [2.45, 2.75) is 39.3 Å². The number of aromatic nitrogens is 1. The van der Waals surface area contributed by atoms with Crippen LogP contribution in [0.5, 0.6) is 5.75 Å². The summed E-state index contributed by atoms with van der Waals surface area (Å²) in [5.41, 5.74) is 2.03. The van der Waals surface area contributed by atoms with Gasteiger partial charge in [0.05, 0.1) is 12.8 Å². The molecule has 1 heterocycles. The summed E-state index contributed by atoms with van der Waals surface area (Å²) in [6.45, 7) is 4.98. The van der Waals surface area contributed by atoms with E-state index in [-0.39, 0.29) is 0 Å². The fourth-order valence-corrected chi connectivity index (χ4v) is 2.30. The van der Waals surface area contributed by atoms with Gasteiger partial charge in [-0.1, -0.05) is 22.9 Å². The number of pyridine rings is 1. The van der Waals surface area contributed by atoms with Gasteiger partial charge in [0.2, 0.25) is 0 Å². The van der Waals surface area contributed by atoms with Crippen LogP contribution in [0.25, 0.3) is 0 Å². The number of halogens is 1. The third kappa shape index (κ3) is 5.04. The number of aryl methyl sites for hydroxylation is 1. The Morgan fingerprint density at radius 3 is 2.82 bits per heavy atom. The van der Waals surface area contributed by atoms with E-state index in [0.717, 1.165) is 41.9 Å². The molecule has 0 radical (unpaired) electrons. The highest BCUT2D eigenvalue weighted by Gasteiger charge is 2.06. The summed E-state index contributed by atoms with van der Waals surface area (Å²) in [5.74, 6) is 0.878. The number of alkyl halides is 1. The standard InChI is InChI=1S/C13H21BrN2O/c1-4-11(5-6-14)15-9-12-8-13(17-3)7-10(2)16-12/h7-8,11,15H,4-6,9H2,1-3H3. The second kappa shape index (κ2) is 7.67. The van der Waals surface area contributed by atoms with E-state index >= 15 is 0 Å². The van der Waals surface area contributed by atoms with E-state index in [2.05, 4.69) is 33.2 Å². The summed E-state index contributed by atoms with van der Waals surface area (Å²) in [6, 6.07) is 4.47. The molecular formula is C13H21BrN2O. The highest BCUT2D eigenvalue weighted by Crippen LogP contribution is 2.13. The third-order valence-electron chi connectivity index (χ3n) is 2.74. The number of hydrogen-bond donors (Lipinski definition) is 1. The Bertz CT molecular complexity index is 344. The first-order valence-electron chi connectivity index (χ1n) is 6.00. The largest absolute Gasteiger partial charge is 0.497 e. The van der Waals surface area contributed by atoms with Gasteiger partial charge in [-0.05, 0) is 19.8 Å². The lowest BCUT2D eigenvalue weighted by Crippen LogP contribution is -2.28. The Hall–Kier alpha value is -0.610. The van der Waals surface area contributed by atoms with Crippen molar-refractivity contribution in [1.29, 1.82) is 0 Å². The summed E-state index contributed by atoms with van der Waals surface area (Å²) in [5, 5.41) is 4.55. The number of nitrogens with one attached hydrogen (secondary N) is 1. The smallest absolute Gasteiger partial charge is 0.122 e. The third-order valence-corrected chi connectivity index (χ3v) is 3.20. The molecule has 96 valence electrons. The molecule has 1 aromatic rings. The number of hydrogen-bond acceptors (Lipinski definition) is 3. The minimum atomic E-state index is 0.544. The van der Waals surface area contributed by atoms with Crippen LogP contribution in [-0.2, 0) is 6.54 Å². The number of methoxy groups -OCH3 is 1. The first-order chi connectivity index (χ1) is 8.19. The van der Waals surface area contributed by atoms with E-state index in [1.807, 2.05) is 19.1 Å². The molecule has 17 heavy (non-hydrogen) atoms. The van der Waals surface area contributed by atoms with E-state index in [0.29, 0.717) is 6.04 Å². The quantitative estimate of drug-likeness (QED) is 0.786. The number of ether oxygens (including phenoxy) is 1. The maximum absolute atomic E-state index is 5.24. The van der Waals surface area contributed by atoms with Crippen LogP contribution in [0, 0.1) is 6.92 Å². The molecule has 4 heteroatoms. The minimum Gasteiger partial charge on any atom is -0.497 e. The Balaban J connectivity index is 2.58. The van der Waals surface area contributed by atoms with Gasteiger partial charge in [0.1, 0.15) is 5.75 Å². The highest BCUT2D eigenvalue weighted by molar-refractivity contribution is 9.09. The van der Waals surface area contributed by atoms with Crippen LogP contribution in [0.2, 0.25) is 0 Å². The van der Waals surface area contributed by atoms with Crippen LogP contribution >= 0.6 is 15.9 Å². The van der Waals surface area contributed by atoms with Gasteiger partial charge >= 0.3 is 0 Å². The molecule has 1 N–H and O–H groups in total. The average Bonchev–Trinajstić information content (AvgIpc) is 2.33. The fourth-order valence-electron chi connectivity index (χ4n) is 1.74. The molecule has 1 aromatic heterocycles. The van der Waals surface area contributed by atoms with E-state index in [1.165, 1.54) is 0 Å². The monoisotopic (exact) mass is 300 g/mol. The van der Waals surface area contributed by atoms with Crippen molar-refractivity contribution in [3.8, 4) is 5.75 Å². The number of nitrogens with zero attached hydrogens (tertiary/aromatic N) is 1. The van der Waals surface area contributed by atoms with Crippen molar-refractivity contribution in [2.75, 3.05) is 12.4 Å². The lowest BCUT2D eigenvalue weighted by molar-refractivity contribution is 0.412. The van der Waals surface area contributed by atoms with E-state index in [4.69, 9.17) is 4.74 Å². The van der Waals surface area contributed by atoms with E-state index in [1.54, 1.807) is 7.11 Å². The molecule has 0 aliphatic rings. The molecule has 0 aromatic carbocycles. The van der Waals surface area contributed by atoms with Gasteiger partial charge in [0.15, 0.2) is 0 Å². The van der Waals surface area contributed by atoms with Gasteiger partial charge in [-0.25, -0.2) is 0 Å². The van der Waals surface area contributed by atoms with Crippen LogP contribution in [0.1, 0.15) is 31.2 Å². The SMILES string of the molecule is CCC(CCBr)NCc1cc(OC)cc(C)n1. The highest BCUT2D eigenvalue weighted by atomic mass is 79.9. The summed E-state index contributed by atoms with van der Waals surface area (Å²) in [7, 11) is 1.69. The van der Waals surface area contributed by atoms with Gasteiger partial charge in [-0.15, -0.1) is 0 Å². The molecule has 0 aliphatic heterocycles. The molecule has 1 atom stereocenters. The Morgan fingerprint density at radius 1 is 1.47 bits per heavy atom. The first-order valence-corrected chi connectivity index (χ1v) is 7.12. The second-order valence-electron chi connectivity index (χ2n) is 4.10. The maximum Gasteiger partial charge on any atom is 0.122 e. The topological polar surface area (TPSA) is 34.1 Å². The molecule has 1 unspecified atom stereocenters. The van der Waals surface area contributed by atoms with Crippen LogP contribution in [-0.4, -0.2) is 23.5 Å². The van der Waals surface area contributed by atoms with Gasteiger partial charge in [-0.3, -0.25) is 4.98 Å². The molecule has 0 spiro atoms. The van der Waals surface area contributed by atoms with Gasteiger partial charge < -0.3 is 10.1 Å². The van der Waals surface area contributed by atoms with Crippen molar-refractivity contribution in [3.63, 3.8) is 0 Å². The fraction of sp³-hybridized carbons (Fsp3) is 0.615. The Morgan fingerprint density at radius 2 is 2.24 bits per heavy atom.